The van der Waals surface area contributed by atoms with Crippen molar-refractivity contribution in [3.05, 3.63) is 29.3 Å². The van der Waals surface area contributed by atoms with E-state index in [1.54, 1.807) is 0 Å². The molecule has 19 heavy (non-hydrogen) atoms. The highest BCUT2D eigenvalue weighted by Gasteiger charge is 2.12. The lowest BCUT2D eigenvalue weighted by molar-refractivity contribution is -0.116. The van der Waals surface area contributed by atoms with Crippen LogP contribution in [0.25, 0.3) is 11.5 Å². The Morgan fingerprint density at radius 2 is 2.11 bits per heavy atom. The maximum atomic E-state index is 11.4. The Morgan fingerprint density at radius 3 is 2.84 bits per heavy atom. The van der Waals surface area contributed by atoms with Gasteiger partial charge in [-0.05, 0) is 31.9 Å². The van der Waals surface area contributed by atoms with Gasteiger partial charge in [-0.25, -0.2) is 0 Å². The van der Waals surface area contributed by atoms with E-state index in [0.29, 0.717) is 12.3 Å². The third-order valence-corrected chi connectivity index (χ3v) is 2.77. The van der Waals surface area contributed by atoms with E-state index in [1.807, 2.05) is 39.0 Å². The fourth-order valence-corrected chi connectivity index (χ4v) is 1.76. The van der Waals surface area contributed by atoms with Crippen molar-refractivity contribution in [1.29, 1.82) is 0 Å². The zero-order chi connectivity index (χ0) is 13.8. The van der Waals surface area contributed by atoms with Gasteiger partial charge in [-0.2, -0.15) is 0 Å². The lowest BCUT2D eigenvalue weighted by Crippen LogP contribution is -2.10. The van der Waals surface area contributed by atoms with E-state index < -0.39 is 0 Å². The minimum Gasteiger partial charge on any atom is -0.403 e. The summed E-state index contributed by atoms with van der Waals surface area (Å²) in [6, 6.07) is 6.17. The number of benzene rings is 1. The quantitative estimate of drug-likeness (QED) is 0.916. The Morgan fingerprint density at radius 1 is 1.32 bits per heavy atom. The smallest absolute Gasteiger partial charge is 0.322 e. The van der Waals surface area contributed by atoms with E-state index in [-0.39, 0.29) is 11.9 Å². The summed E-state index contributed by atoms with van der Waals surface area (Å²) in [6.07, 6.45) is 1.23. The highest BCUT2D eigenvalue weighted by molar-refractivity contribution is 5.88. The first-order valence-corrected chi connectivity index (χ1v) is 6.31. The van der Waals surface area contributed by atoms with Gasteiger partial charge in [-0.3, -0.25) is 10.1 Å². The second-order valence-corrected chi connectivity index (χ2v) is 4.53. The third kappa shape index (κ3) is 3.19. The minimum absolute atomic E-state index is 0.112. The summed E-state index contributed by atoms with van der Waals surface area (Å²) in [7, 11) is 0. The van der Waals surface area contributed by atoms with Gasteiger partial charge in [0.1, 0.15) is 0 Å². The van der Waals surface area contributed by atoms with Crippen molar-refractivity contribution in [3.8, 4) is 11.5 Å². The van der Waals surface area contributed by atoms with Crippen LogP contribution in [0.5, 0.6) is 0 Å². The van der Waals surface area contributed by atoms with Crippen LogP contribution < -0.4 is 5.32 Å². The zero-order valence-corrected chi connectivity index (χ0v) is 11.4. The van der Waals surface area contributed by atoms with Gasteiger partial charge in [0.05, 0.1) is 0 Å². The Balaban J connectivity index is 2.21. The van der Waals surface area contributed by atoms with Gasteiger partial charge in [0.25, 0.3) is 0 Å². The molecule has 5 heteroatoms. The predicted molar refractivity (Wildman–Crippen MR) is 72.7 cm³/mol. The summed E-state index contributed by atoms with van der Waals surface area (Å²) in [4.78, 5) is 11.4. The normalized spacial score (nSPS) is 10.5. The van der Waals surface area contributed by atoms with E-state index in [0.717, 1.165) is 23.1 Å². The van der Waals surface area contributed by atoms with Crippen LogP contribution in [-0.2, 0) is 4.79 Å². The SMILES string of the molecule is CCCC(=O)Nc1nnc(-c2cc(C)ccc2C)o1. The second kappa shape index (κ2) is 5.65. The molecule has 100 valence electrons. The molecule has 1 heterocycles. The molecule has 0 fully saturated rings. The molecule has 0 unspecified atom stereocenters. The van der Waals surface area contributed by atoms with Crippen molar-refractivity contribution in [2.45, 2.75) is 33.6 Å². The lowest BCUT2D eigenvalue weighted by atomic mass is 10.1. The van der Waals surface area contributed by atoms with Gasteiger partial charge in [0, 0.05) is 12.0 Å². The van der Waals surface area contributed by atoms with Crippen LogP contribution in [0.3, 0.4) is 0 Å². The molecule has 1 amide bonds. The Kier molecular flexibility index (Phi) is 3.94. The molecule has 0 saturated heterocycles. The number of hydrogen-bond donors (Lipinski definition) is 1. The molecule has 2 rings (SSSR count). The molecule has 0 radical (unpaired) electrons. The van der Waals surface area contributed by atoms with Crippen LogP contribution >= 0.6 is 0 Å². The fraction of sp³-hybridized carbons (Fsp3) is 0.357. The molecule has 1 aromatic heterocycles. The molecule has 0 aliphatic heterocycles. The molecule has 0 bridgehead atoms. The van der Waals surface area contributed by atoms with Gasteiger partial charge >= 0.3 is 6.01 Å². The molecule has 5 nitrogen and oxygen atoms in total. The highest BCUT2D eigenvalue weighted by Crippen LogP contribution is 2.24. The maximum absolute atomic E-state index is 11.4. The summed E-state index contributed by atoms with van der Waals surface area (Å²) >= 11 is 0. The molecule has 1 N–H and O–H groups in total. The van der Waals surface area contributed by atoms with Crippen LogP contribution in [-0.4, -0.2) is 16.1 Å². The fourth-order valence-electron chi connectivity index (χ4n) is 1.76. The largest absolute Gasteiger partial charge is 0.403 e. The van der Waals surface area contributed by atoms with E-state index in [1.165, 1.54) is 0 Å². The number of aromatic nitrogens is 2. The van der Waals surface area contributed by atoms with Gasteiger partial charge in [0.2, 0.25) is 11.8 Å². The second-order valence-electron chi connectivity index (χ2n) is 4.53. The van der Waals surface area contributed by atoms with Gasteiger partial charge in [-0.1, -0.05) is 29.7 Å². The minimum atomic E-state index is -0.112. The summed E-state index contributed by atoms with van der Waals surface area (Å²) in [5.74, 6) is 0.312. The summed E-state index contributed by atoms with van der Waals surface area (Å²) < 4.78 is 5.47. The van der Waals surface area contributed by atoms with Crippen molar-refractivity contribution in [3.63, 3.8) is 0 Å². The molecule has 1 aromatic carbocycles. The van der Waals surface area contributed by atoms with Gasteiger partial charge in [-0.15, -0.1) is 5.10 Å². The van der Waals surface area contributed by atoms with Crippen molar-refractivity contribution in [1.82, 2.24) is 10.2 Å². The van der Waals surface area contributed by atoms with Crippen LogP contribution in [0.15, 0.2) is 22.6 Å². The average Bonchev–Trinajstić information content (AvgIpc) is 2.81. The first kappa shape index (κ1) is 13.3. The molecular formula is C14H17N3O2. The molecule has 0 saturated carbocycles. The third-order valence-electron chi connectivity index (χ3n) is 2.77. The molecule has 0 spiro atoms. The Labute approximate surface area is 112 Å². The number of carbonyl (C=O) groups excluding carboxylic acids is 1. The summed E-state index contributed by atoms with van der Waals surface area (Å²) in [5.41, 5.74) is 3.07. The summed E-state index contributed by atoms with van der Waals surface area (Å²) in [6.45, 7) is 5.92. The van der Waals surface area contributed by atoms with E-state index in [2.05, 4.69) is 15.5 Å². The number of carbonyl (C=O) groups is 1. The molecule has 0 aliphatic rings. The van der Waals surface area contributed by atoms with Crippen molar-refractivity contribution < 1.29 is 9.21 Å². The monoisotopic (exact) mass is 259 g/mol. The van der Waals surface area contributed by atoms with Crippen LogP contribution in [0.1, 0.15) is 30.9 Å². The predicted octanol–water partition coefficient (Wildman–Crippen LogP) is 3.09. The topological polar surface area (TPSA) is 68.0 Å². The van der Waals surface area contributed by atoms with E-state index in [9.17, 15) is 4.79 Å². The number of rotatable bonds is 4. The average molecular weight is 259 g/mol. The van der Waals surface area contributed by atoms with Gasteiger partial charge < -0.3 is 4.42 Å². The lowest BCUT2D eigenvalue weighted by Gasteiger charge is -2.02. The van der Waals surface area contributed by atoms with Crippen LogP contribution in [0.2, 0.25) is 0 Å². The number of aryl methyl sites for hydroxylation is 2. The summed E-state index contributed by atoms with van der Waals surface area (Å²) in [5, 5.41) is 10.4. The van der Waals surface area contributed by atoms with Crippen molar-refractivity contribution >= 4 is 11.9 Å². The molecule has 0 atom stereocenters. The first-order valence-electron chi connectivity index (χ1n) is 6.31. The van der Waals surface area contributed by atoms with E-state index >= 15 is 0 Å². The molecular weight excluding hydrogens is 242 g/mol. The Bertz CT molecular complexity index is 590. The highest BCUT2D eigenvalue weighted by atomic mass is 16.4. The standard InChI is InChI=1S/C14H17N3O2/c1-4-5-12(18)15-14-17-16-13(19-14)11-8-9(2)6-7-10(11)3/h6-8H,4-5H2,1-3H3,(H,15,17,18). The van der Waals surface area contributed by atoms with Gasteiger partial charge in [0.15, 0.2) is 0 Å². The van der Waals surface area contributed by atoms with Crippen LogP contribution in [0.4, 0.5) is 6.01 Å². The maximum Gasteiger partial charge on any atom is 0.322 e. The zero-order valence-electron chi connectivity index (χ0n) is 11.4. The number of nitrogens with zero attached hydrogens (tertiary/aromatic N) is 2. The molecule has 2 aromatic rings. The van der Waals surface area contributed by atoms with Crippen molar-refractivity contribution in [2.75, 3.05) is 5.32 Å². The Hall–Kier alpha value is -2.17. The van der Waals surface area contributed by atoms with Crippen molar-refractivity contribution in [2.24, 2.45) is 0 Å². The number of hydrogen-bond acceptors (Lipinski definition) is 4. The number of anilines is 1. The van der Waals surface area contributed by atoms with Crippen LogP contribution in [0, 0.1) is 13.8 Å². The van der Waals surface area contributed by atoms with E-state index in [4.69, 9.17) is 4.42 Å². The number of amides is 1. The first-order chi connectivity index (χ1) is 9.10. The number of nitrogens with one attached hydrogen (secondary N) is 1. The molecule has 0 aliphatic carbocycles.